The van der Waals surface area contributed by atoms with E-state index in [2.05, 4.69) is 0 Å². The van der Waals surface area contributed by atoms with Gasteiger partial charge in [0.25, 0.3) is 0 Å². The number of nitrogens with two attached hydrogens (primary N) is 1. The van der Waals surface area contributed by atoms with E-state index < -0.39 is 17.6 Å². The predicted octanol–water partition coefficient (Wildman–Crippen LogP) is 2.07. The van der Waals surface area contributed by atoms with Gasteiger partial charge in [-0.15, -0.1) is 0 Å². The number of alkyl halides is 3. The fourth-order valence-electron chi connectivity index (χ4n) is 2.77. The summed E-state index contributed by atoms with van der Waals surface area (Å²) in [4.78, 5) is 0. The summed E-state index contributed by atoms with van der Waals surface area (Å²) in [5.41, 5.74) is 4.00. The second-order valence-corrected chi connectivity index (χ2v) is 4.10. The number of hydrogen-bond acceptors (Lipinski definition) is 1. The summed E-state index contributed by atoms with van der Waals surface area (Å²) in [5, 5.41) is 0. The Hall–Kier alpha value is -0.250. The Kier molecular flexibility index (Phi) is 1.50. The van der Waals surface area contributed by atoms with Crippen molar-refractivity contribution in [1.82, 2.24) is 0 Å². The third kappa shape index (κ3) is 0.843. The lowest BCUT2D eigenvalue weighted by Crippen LogP contribution is -2.48. The highest BCUT2D eigenvalue weighted by Crippen LogP contribution is 2.60. The Morgan fingerprint density at radius 3 is 2.25 bits per heavy atom. The molecule has 2 fully saturated rings. The lowest BCUT2D eigenvalue weighted by atomic mass is 9.80. The van der Waals surface area contributed by atoms with Crippen molar-refractivity contribution in [3.8, 4) is 0 Å². The highest BCUT2D eigenvalue weighted by atomic mass is 19.4. The van der Waals surface area contributed by atoms with Gasteiger partial charge in [0.15, 0.2) is 0 Å². The average molecular weight is 179 g/mol. The number of halogens is 3. The molecule has 2 aliphatic carbocycles. The van der Waals surface area contributed by atoms with E-state index in [9.17, 15) is 13.2 Å². The van der Waals surface area contributed by atoms with Gasteiger partial charge in [-0.1, -0.05) is 0 Å². The molecule has 0 aliphatic heterocycles. The van der Waals surface area contributed by atoms with Crippen molar-refractivity contribution in [3.05, 3.63) is 0 Å². The zero-order valence-corrected chi connectivity index (χ0v) is 6.69. The van der Waals surface area contributed by atoms with Gasteiger partial charge in [0.1, 0.15) is 0 Å². The maximum Gasteiger partial charge on any atom is 0.395 e. The van der Waals surface area contributed by atoms with Gasteiger partial charge in [0.2, 0.25) is 0 Å². The summed E-state index contributed by atoms with van der Waals surface area (Å²) in [5.74, 6) is 0.238. The highest BCUT2D eigenvalue weighted by molar-refractivity contribution is 5.07. The third-order valence-electron chi connectivity index (χ3n) is 3.51. The first-order valence-electron chi connectivity index (χ1n) is 4.28. The fourth-order valence-corrected chi connectivity index (χ4v) is 2.77. The van der Waals surface area contributed by atoms with Crippen LogP contribution < -0.4 is 5.73 Å². The van der Waals surface area contributed by atoms with Gasteiger partial charge < -0.3 is 5.73 Å². The molecule has 2 saturated carbocycles. The largest absolute Gasteiger partial charge is 0.395 e. The Bertz CT molecular complexity index is 201. The van der Waals surface area contributed by atoms with Crippen molar-refractivity contribution >= 4 is 0 Å². The van der Waals surface area contributed by atoms with Gasteiger partial charge >= 0.3 is 6.18 Å². The minimum absolute atomic E-state index is 0.238. The van der Waals surface area contributed by atoms with Crippen LogP contribution in [0.4, 0.5) is 13.2 Å². The lowest BCUT2D eigenvalue weighted by Gasteiger charge is -2.34. The van der Waals surface area contributed by atoms with Crippen LogP contribution in [0, 0.1) is 11.3 Å². The number of fused-ring (bicyclic) bond motifs is 2. The van der Waals surface area contributed by atoms with E-state index in [-0.39, 0.29) is 18.8 Å². The van der Waals surface area contributed by atoms with Gasteiger partial charge in [0, 0.05) is 6.04 Å². The molecule has 1 nitrogen and oxygen atoms in total. The molecular weight excluding hydrogens is 167 g/mol. The fraction of sp³-hybridized carbons (Fsp3) is 1.00. The molecule has 2 aliphatic rings. The second kappa shape index (κ2) is 2.16. The van der Waals surface area contributed by atoms with Gasteiger partial charge in [-0.2, -0.15) is 13.2 Å². The van der Waals surface area contributed by atoms with Crippen LogP contribution >= 0.6 is 0 Å². The van der Waals surface area contributed by atoms with Crippen LogP contribution in [-0.4, -0.2) is 12.2 Å². The highest BCUT2D eigenvalue weighted by Gasteiger charge is 2.65. The molecule has 0 aromatic carbocycles. The van der Waals surface area contributed by atoms with Crippen molar-refractivity contribution in [1.29, 1.82) is 0 Å². The van der Waals surface area contributed by atoms with Crippen molar-refractivity contribution in [2.75, 3.05) is 0 Å². The molecule has 2 rings (SSSR count). The van der Waals surface area contributed by atoms with Gasteiger partial charge in [-0.3, -0.25) is 0 Å². The Balaban J connectivity index is 2.30. The zero-order chi connectivity index (χ0) is 8.98. The summed E-state index contributed by atoms with van der Waals surface area (Å²) in [6.45, 7) is 0. The molecule has 2 bridgehead atoms. The maximum absolute atomic E-state index is 12.6. The van der Waals surface area contributed by atoms with E-state index in [1.165, 1.54) is 0 Å². The van der Waals surface area contributed by atoms with E-state index >= 15 is 0 Å². The molecule has 2 N–H and O–H groups in total. The molecule has 4 heteroatoms. The van der Waals surface area contributed by atoms with Crippen LogP contribution in [0.15, 0.2) is 0 Å². The molecule has 3 unspecified atom stereocenters. The monoisotopic (exact) mass is 179 g/mol. The topological polar surface area (TPSA) is 26.0 Å². The summed E-state index contributed by atoms with van der Waals surface area (Å²) in [6.07, 6.45) is -2.27. The Labute approximate surface area is 69.1 Å². The van der Waals surface area contributed by atoms with Crippen LogP contribution in [0.1, 0.15) is 25.7 Å². The summed E-state index contributed by atoms with van der Waals surface area (Å²) in [6, 6.07) is -0.642. The molecule has 12 heavy (non-hydrogen) atoms. The Morgan fingerprint density at radius 1 is 1.33 bits per heavy atom. The molecule has 0 aromatic rings. The first kappa shape index (κ1) is 8.35. The summed E-state index contributed by atoms with van der Waals surface area (Å²) < 4.78 is 37.8. The van der Waals surface area contributed by atoms with Gasteiger partial charge in [0.05, 0.1) is 5.41 Å². The van der Waals surface area contributed by atoms with E-state index in [1.54, 1.807) is 0 Å². The first-order valence-corrected chi connectivity index (χ1v) is 4.28. The van der Waals surface area contributed by atoms with Gasteiger partial charge in [-0.25, -0.2) is 0 Å². The first-order chi connectivity index (χ1) is 5.46. The molecule has 3 atom stereocenters. The SMILES string of the molecule is NC1CC2CCC1(C(F)(F)F)C2. The van der Waals surface area contributed by atoms with Crippen molar-refractivity contribution < 1.29 is 13.2 Å². The molecule has 0 saturated heterocycles. The molecule has 0 radical (unpaired) electrons. The predicted molar refractivity (Wildman–Crippen MR) is 38.4 cm³/mol. The van der Waals surface area contributed by atoms with E-state index in [1.807, 2.05) is 0 Å². The molecular formula is C8H12F3N. The standard InChI is InChI=1S/C8H12F3N/c9-8(10,11)7-2-1-5(4-7)3-6(7)12/h5-6H,1-4,12H2. The van der Waals surface area contributed by atoms with E-state index in [0.717, 1.165) is 0 Å². The van der Waals surface area contributed by atoms with Crippen LogP contribution in [-0.2, 0) is 0 Å². The second-order valence-electron chi connectivity index (χ2n) is 4.10. The Morgan fingerprint density at radius 2 is 2.00 bits per heavy atom. The molecule has 0 spiro atoms. The smallest absolute Gasteiger partial charge is 0.327 e. The zero-order valence-electron chi connectivity index (χ0n) is 6.69. The lowest BCUT2D eigenvalue weighted by molar-refractivity contribution is -0.224. The van der Waals surface area contributed by atoms with E-state index in [4.69, 9.17) is 5.73 Å². The van der Waals surface area contributed by atoms with Crippen LogP contribution in [0.25, 0.3) is 0 Å². The molecule has 70 valence electrons. The molecule has 0 aromatic heterocycles. The number of hydrogen-bond donors (Lipinski definition) is 1. The third-order valence-corrected chi connectivity index (χ3v) is 3.51. The van der Waals surface area contributed by atoms with Gasteiger partial charge in [-0.05, 0) is 31.6 Å². The van der Waals surface area contributed by atoms with Crippen LogP contribution in [0.3, 0.4) is 0 Å². The number of rotatable bonds is 0. The summed E-state index contributed by atoms with van der Waals surface area (Å²) in [7, 11) is 0. The molecule has 0 heterocycles. The van der Waals surface area contributed by atoms with Crippen LogP contribution in [0.5, 0.6) is 0 Å². The van der Waals surface area contributed by atoms with Crippen molar-refractivity contribution in [2.24, 2.45) is 17.1 Å². The van der Waals surface area contributed by atoms with Crippen LogP contribution in [0.2, 0.25) is 0 Å². The minimum atomic E-state index is -4.09. The van der Waals surface area contributed by atoms with Crippen molar-refractivity contribution in [3.63, 3.8) is 0 Å². The normalized spacial score (nSPS) is 47.0. The average Bonchev–Trinajstić information content (AvgIpc) is 2.41. The van der Waals surface area contributed by atoms with Crippen molar-refractivity contribution in [2.45, 2.75) is 37.9 Å². The maximum atomic E-state index is 12.6. The van der Waals surface area contributed by atoms with E-state index in [0.29, 0.717) is 12.8 Å². The molecule has 0 amide bonds. The quantitative estimate of drug-likeness (QED) is 0.605. The minimum Gasteiger partial charge on any atom is -0.327 e. The summed E-state index contributed by atoms with van der Waals surface area (Å²) >= 11 is 0.